The number of carbonyl (C=O) groups excluding carboxylic acids is 1. The van der Waals surface area contributed by atoms with Crippen molar-refractivity contribution < 1.29 is 19.1 Å². The minimum atomic E-state index is -0.597. The number of esters is 1. The van der Waals surface area contributed by atoms with E-state index in [2.05, 4.69) is 4.99 Å². The standard InChI is InChI=1S/C18H15NO4S/c1-2-22-18(21)15-16(20)14(11-13-9-6-10-23-13)24-17(15)19-12-7-4-3-5-8-12/h3-11,20H,2H2,1H3. The molecular formula is C18H15NO4S. The van der Waals surface area contributed by atoms with Gasteiger partial charge in [-0.05, 0) is 37.3 Å². The Kier molecular flexibility index (Phi) is 4.86. The predicted octanol–water partition coefficient (Wildman–Crippen LogP) is 4.47. The minimum absolute atomic E-state index is 0.0727. The highest BCUT2D eigenvalue weighted by Gasteiger charge is 2.33. The molecule has 0 unspecified atom stereocenters. The summed E-state index contributed by atoms with van der Waals surface area (Å²) in [6.07, 6.45) is 3.20. The third kappa shape index (κ3) is 3.44. The number of rotatable bonds is 4. The molecule has 0 fully saturated rings. The van der Waals surface area contributed by atoms with E-state index in [1.54, 1.807) is 25.1 Å². The third-order valence-electron chi connectivity index (χ3n) is 3.17. The van der Waals surface area contributed by atoms with E-state index in [9.17, 15) is 9.90 Å². The molecule has 1 aromatic carbocycles. The Labute approximate surface area is 143 Å². The second kappa shape index (κ2) is 7.23. The highest BCUT2D eigenvalue weighted by atomic mass is 32.2. The van der Waals surface area contributed by atoms with Crippen molar-refractivity contribution in [1.82, 2.24) is 0 Å². The van der Waals surface area contributed by atoms with Crippen LogP contribution in [0.25, 0.3) is 6.08 Å². The van der Waals surface area contributed by atoms with Crippen molar-refractivity contribution in [3.05, 3.63) is 70.7 Å². The molecule has 0 saturated carbocycles. The summed E-state index contributed by atoms with van der Waals surface area (Å²) >= 11 is 1.20. The van der Waals surface area contributed by atoms with Gasteiger partial charge in [0, 0.05) is 0 Å². The first-order valence-electron chi connectivity index (χ1n) is 7.37. The van der Waals surface area contributed by atoms with Gasteiger partial charge in [0.15, 0.2) is 0 Å². The summed E-state index contributed by atoms with van der Waals surface area (Å²) in [6, 6.07) is 12.7. The Morgan fingerprint density at radius 2 is 2.08 bits per heavy atom. The van der Waals surface area contributed by atoms with Crippen LogP contribution in [0.5, 0.6) is 0 Å². The maximum atomic E-state index is 12.2. The van der Waals surface area contributed by atoms with E-state index in [0.29, 0.717) is 21.4 Å². The molecule has 1 aliphatic rings. The number of nitrogens with zero attached hydrogens (tertiary/aromatic N) is 1. The lowest BCUT2D eigenvalue weighted by molar-refractivity contribution is -0.138. The molecule has 2 heterocycles. The Balaban J connectivity index is 2.02. The molecule has 1 aliphatic heterocycles. The van der Waals surface area contributed by atoms with E-state index < -0.39 is 5.97 Å². The lowest BCUT2D eigenvalue weighted by Gasteiger charge is -2.03. The molecule has 1 N–H and O–H groups in total. The van der Waals surface area contributed by atoms with Crippen LogP contribution in [0.3, 0.4) is 0 Å². The summed E-state index contributed by atoms with van der Waals surface area (Å²) < 4.78 is 10.3. The summed E-state index contributed by atoms with van der Waals surface area (Å²) in [6.45, 7) is 1.93. The number of furan rings is 1. The van der Waals surface area contributed by atoms with Crippen LogP contribution in [0.2, 0.25) is 0 Å². The first-order chi connectivity index (χ1) is 11.7. The number of aliphatic imine (C=N–C) groups is 1. The highest BCUT2D eigenvalue weighted by molar-refractivity contribution is 8.18. The topological polar surface area (TPSA) is 72.0 Å². The number of ether oxygens (including phenoxy) is 1. The summed E-state index contributed by atoms with van der Waals surface area (Å²) in [4.78, 5) is 17.2. The van der Waals surface area contributed by atoms with Crippen LogP contribution >= 0.6 is 11.8 Å². The molecule has 0 radical (unpaired) electrons. The van der Waals surface area contributed by atoms with Gasteiger partial charge in [0.25, 0.3) is 0 Å². The number of hydrogen-bond acceptors (Lipinski definition) is 6. The smallest absolute Gasteiger partial charge is 0.344 e. The Hall–Kier alpha value is -2.73. The van der Waals surface area contributed by atoms with Gasteiger partial charge < -0.3 is 14.3 Å². The maximum Gasteiger partial charge on any atom is 0.344 e. The molecule has 6 heteroatoms. The van der Waals surface area contributed by atoms with Gasteiger partial charge in [-0.15, -0.1) is 0 Å². The zero-order valence-corrected chi connectivity index (χ0v) is 13.7. The van der Waals surface area contributed by atoms with Crippen LogP contribution < -0.4 is 0 Å². The second-order valence-electron chi connectivity index (χ2n) is 4.82. The number of para-hydroxylation sites is 1. The van der Waals surface area contributed by atoms with E-state index >= 15 is 0 Å². The van der Waals surface area contributed by atoms with Gasteiger partial charge >= 0.3 is 5.97 Å². The van der Waals surface area contributed by atoms with Gasteiger partial charge in [-0.1, -0.05) is 30.0 Å². The second-order valence-corrected chi connectivity index (χ2v) is 5.85. The molecule has 122 valence electrons. The van der Waals surface area contributed by atoms with E-state index in [1.807, 2.05) is 30.3 Å². The van der Waals surface area contributed by atoms with Crippen molar-refractivity contribution in [2.45, 2.75) is 6.92 Å². The molecule has 0 atom stereocenters. The van der Waals surface area contributed by atoms with Crippen molar-refractivity contribution in [1.29, 1.82) is 0 Å². The highest BCUT2D eigenvalue weighted by Crippen LogP contribution is 2.40. The lowest BCUT2D eigenvalue weighted by Crippen LogP contribution is -2.12. The van der Waals surface area contributed by atoms with E-state index in [0.717, 1.165) is 0 Å². The summed E-state index contributed by atoms with van der Waals surface area (Å²) in [5.41, 5.74) is 0.761. The average molecular weight is 341 g/mol. The van der Waals surface area contributed by atoms with Crippen LogP contribution in [0.4, 0.5) is 5.69 Å². The third-order valence-corrected chi connectivity index (χ3v) is 4.19. The number of thioether (sulfide) groups is 1. The van der Waals surface area contributed by atoms with Gasteiger partial charge in [-0.25, -0.2) is 9.79 Å². The van der Waals surface area contributed by atoms with Crippen molar-refractivity contribution in [3.63, 3.8) is 0 Å². The van der Waals surface area contributed by atoms with Crippen molar-refractivity contribution in [2.24, 2.45) is 4.99 Å². The molecule has 1 aromatic heterocycles. The van der Waals surface area contributed by atoms with Gasteiger partial charge in [0.1, 0.15) is 22.1 Å². The monoisotopic (exact) mass is 341 g/mol. The van der Waals surface area contributed by atoms with Crippen LogP contribution in [0.1, 0.15) is 12.7 Å². The van der Waals surface area contributed by atoms with E-state index in [4.69, 9.17) is 9.15 Å². The van der Waals surface area contributed by atoms with Gasteiger partial charge in [0.05, 0.1) is 23.5 Å². The fraction of sp³-hybridized carbons (Fsp3) is 0.111. The fourth-order valence-electron chi connectivity index (χ4n) is 2.11. The number of hydrogen-bond donors (Lipinski definition) is 1. The van der Waals surface area contributed by atoms with Crippen LogP contribution in [-0.2, 0) is 9.53 Å². The Bertz CT molecular complexity index is 820. The molecule has 0 aliphatic carbocycles. The zero-order valence-electron chi connectivity index (χ0n) is 12.9. The van der Waals surface area contributed by atoms with Crippen molar-refractivity contribution in [3.8, 4) is 0 Å². The molecule has 0 saturated heterocycles. The number of benzene rings is 1. The molecule has 5 nitrogen and oxygen atoms in total. The number of aliphatic hydroxyl groups is 1. The summed E-state index contributed by atoms with van der Waals surface area (Å²) in [7, 11) is 0. The lowest BCUT2D eigenvalue weighted by atomic mass is 10.2. The molecule has 0 bridgehead atoms. The number of carbonyl (C=O) groups is 1. The van der Waals surface area contributed by atoms with E-state index in [1.165, 1.54) is 18.0 Å². The normalized spacial score (nSPS) is 17.7. The molecule has 3 rings (SSSR count). The Morgan fingerprint density at radius 1 is 1.29 bits per heavy atom. The van der Waals surface area contributed by atoms with Crippen LogP contribution in [0.15, 0.2) is 74.4 Å². The minimum Gasteiger partial charge on any atom is -0.506 e. The van der Waals surface area contributed by atoms with Gasteiger partial charge in [0.2, 0.25) is 0 Å². The number of aliphatic hydroxyl groups excluding tert-OH is 1. The zero-order chi connectivity index (χ0) is 16.9. The first-order valence-corrected chi connectivity index (χ1v) is 8.18. The quantitative estimate of drug-likeness (QED) is 0.831. The molecule has 2 aromatic rings. The van der Waals surface area contributed by atoms with Gasteiger partial charge in [-0.2, -0.15) is 0 Å². The van der Waals surface area contributed by atoms with Crippen LogP contribution in [-0.4, -0.2) is 22.7 Å². The van der Waals surface area contributed by atoms with E-state index in [-0.39, 0.29) is 17.9 Å². The average Bonchev–Trinajstić information content (AvgIpc) is 3.18. The van der Waals surface area contributed by atoms with Gasteiger partial charge in [-0.3, -0.25) is 0 Å². The molecule has 0 spiro atoms. The summed E-state index contributed by atoms with van der Waals surface area (Å²) in [5.74, 6) is -0.169. The summed E-state index contributed by atoms with van der Waals surface area (Å²) in [5, 5.41) is 10.9. The Morgan fingerprint density at radius 3 is 2.75 bits per heavy atom. The van der Waals surface area contributed by atoms with Crippen LogP contribution in [0, 0.1) is 0 Å². The molecule has 24 heavy (non-hydrogen) atoms. The fourth-order valence-corrected chi connectivity index (χ4v) is 3.13. The molecular weight excluding hydrogens is 326 g/mol. The maximum absolute atomic E-state index is 12.2. The first kappa shape index (κ1) is 16.1. The van der Waals surface area contributed by atoms with Crippen molar-refractivity contribution >= 4 is 34.5 Å². The SMILES string of the molecule is CCOC(=O)C1=C(O)C(=Cc2ccco2)SC1=Nc1ccccc1. The predicted molar refractivity (Wildman–Crippen MR) is 94.1 cm³/mol. The molecule has 0 amide bonds. The van der Waals surface area contributed by atoms with Crippen molar-refractivity contribution in [2.75, 3.05) is 6.61 Å². The largest absolute Gasteiger partial charge is 0.506 e.